The Morgan fingerprint density at radius 3 is 2.57 bits per heavy atom. The Morgan fingerprint density at radius 1 is 1.24 bits per heavy atom. The lowest BCUT2D eigenvalue weighted by molar-refractivity contribution is -0.136. The molecule has 1 atom stereocenters. The summed E-state index contributed by atoms with van der Waals surface area (Å²) in [7, 11) is 0. The molecule has 1 aromatic carbocycles. The van der Waals surface area contributed by atoms with E-state index < -0.39 is 6.10 Å². The van der Waals surface area contributed by atoms with Gasteiger partial charge >= 0.3 is 0 Å². The van der Waals surface area contributed by atoms with Crippen molar-refractivity contribution in [2.45, 2.75) is 32.5 Å². The van der Waals surface area contributed by atoms with Gasteiger partial charge in [0.25, 0.3) is 0 Å². The van der Waals surface area contributed by atoms with Crippen LogP contribution in [0.5, 0.6) is 0 Å². The maximum atomic E-state index is 11.9. The van der Waals surface area contributed by atoms with Crippen molar-refractivity contribution in [2.75, 3.05) is 19.6 Å². The quantitative estimate of drug-likeness (QED) is 0.860. The van der Waals surface area contributed by atoms with Crippen LogP contribution in [-0.2, 0) is 20.9 Å². The van der Waals surface area contributed by atoms with Gasteiger partial charge in [0.2, 0.25) is 11.8 Å². The number of benzene rings is 1. The average molecular weight is 290 g/mol. The molecule has 1 heterocycles. The third kappa shape index (κ3) is 4.86. The van der Waals surface area contributed by atoms with Crippen molar-refractivity contribution in [1.82, 2.24) is 10.2 Å². The summed E-state index contributed by atoms with van der Waals surface area (Å²) in [5.74, 6) is -0.269. The van der Waals surface area contributed by atoms with E-state index in [0.29, 0.717) is 6.61 Å². The number of hydrogen-bond acceptors (Lipinski definition) is 3. The normalized spacial score (nSPS) is 15.8. The minimum Gasteiger partial charge on any atom is -0.364 e. The molecule has 1 aliphatic rings. The van der Waals surface area contributed by atoms with Gasteiger partial charge in [-0.05, 0) is 25.3 Å². The number of ether oxygens (including phenoxy) is 1. The van der Waals surface area contributed by atoms with Crippen LogP contribution in [0, 0.1) is 0 Å². The molecule has 5 nitrogen and oxygen atoms in total. The Hall–Kier alpha value is -1.88. The zero-order valence-electron chi connectivity index (χ0n) is 12.4. The number of hydrogen-bond donors (Lipinski definition) is 1. The van der Waals surface area contributed by atoms with E-state index in [2.05, 4.69) is 5.32 Å². The average Bonchev–Trinajstić information content (AvgIpc) is 3.05. The molecule has 1 N–H and O–H groups in total. The van der Waals surface area contributed by atoms with Gasteiger partial charge in [0.15, 0.2) is 0 Å². The highest BCUT2D eigenvalue weighted by atomic mass is 16.5. The first-order valence-corrected chi connectivity index (χ1v) is 7.38. The lowest BCUT2D eigenvalue weighted by Crippen LogP contribution is -2.42. The van der Waals surface area contributed by atoms with E-state index in [1.165, 1.54) is 0 Å². The van der Waals surface area contributed by atoms with Crippen molar-refractivity contribution in [2.24, 2.45) is 0 Å². The van der Waals surface area contributed by atoms with Gasteiger partial charge in [-0.3, -0.25) is 9.59 Å². The van der Waals surface area contributed by atoms with Crippen LogP contribution in [0.2, 0.25) is 0 Å². The molecule has 0 unspecified atom stereocenters. The number of amides is 2. The Morgan fingerprint density at radius 2 is 1.90 bits per heavy atom. The molecule has 0 saturated carbocycles. The monoisotopic (exact) mass is 290 g/mol. The van der Waals surface area contributed by atoms with Crippen LogP contribution in [-0.4, -0.2) is 42.5 Å². The summed E-state index contributed by atoms with van der Waals surface area (Å²) in [4.78, 5) is 25.5. The van der Waals surface area contributed by atoms with Gasteiger partial charge in [0.1, 0.15) is 6.10 Å². The van der Waals surface area contributed by atoms with Crippen LogP contribution in [0.3, 0.4) is 0 Å². The van der Waals surface area contributed by atoms with Gasteiger partial charge < -0.3 is 15.0 Å². The van der Waals surface area contributed by atoms with E-state index in [9.17, 15) is 9.59 Å². The van der Waals surface area contributed by atoms with E-state index in [0.717, 1.165) is 31.5 Å². The molecule has 1 aromatic rings. The van der Waals surface area contributed by atoms with Gasteiger partial charge in [-0.1, -0.05) is 30.3 Å². The van der Waals surface area contributed by atoms with E-state index in [1.807, 2.05) is 30.3 Å². The van der Waals surface area contributed by atoms with Crippen LogP contribution in [0.25, 0.3) is 0 Å². The fourth-order valence-corrected chi connectivity index (χ4v) is 2.26. The smallest absolute Gasteiger partial charge is 0.249 e. The predicted octanol–water partition coefficient (Wildman–Crippen LogP) is 1.33. The molecule has 114 valence electrons. The van der Waals surface area contributed by atoms with Crippen molar-refractivity contribution in [3.8, 4) is 0 Å². The summed E-state index contributed by atoms with van der Waals surface area (Å²) >= 11 is 0. The van der Waals surface area contributed by atoms with Gasteiger partial charge in [0.05, 0.1) is 13.2 Å². The first-order valence-electron chi connectivity index (χ1n) is 7.38. The van der Waals surface area contributed by atoms with Crippen LogP contribution >= 0.6 is 0 Å². The number of likely N-dealkylation sites (tertiary alicyclic amines) is 1. The second-order valence-electron chi connectivity index (χ2n) is 5.24. The van der Waals surface area contributed by atoms with Crippen LogP contribution in [0.1, 0.15) is 25.3 Å². The number of nitrogens with zero attached hydrogens (tertiary/aromatic N) is 1. The zero-order valence-corrected chi connectivity index (χ0v) is 12.4. The number of nitrogens with one attached hydrogen (secondary N) is 1. The lowest BCUT2D eigenvalue weighted by atomic mass is 10.2. The van der Waals surface area contributed by atoms with Crippen molar-refractivity contribution in [3.05, 3.63) is 35.9 Å². The highest BCUT2D eigenvalue weighted by Gasteiger charge is 2.20. The third-order valence-electron chi connectivity index (χ3n) is 3.58. The Labute approximate surface area is 125 Å². The summed E-state index contributed by atoms with van der Waals surface area (Å²) in [6, 6.07) is 9.68. The van der Waals surface area contributed by atoms with Crippen molar-refractivity contribution < 1.29 is 14.3 Å². The van der Waals surface area contributed by atoms with Gasteiger partial charge in [-0.2, -0.15) is 0 Å². The Balaban J connectivity index is 1.68. The molecule has 21 heavy (non-hydrogen) atoms. The van der Waals surface area contributed by atoms with E-state index in [-0.39, 0.29) is 18.4 Å². The standard InChI is InChI=1S/C16H22N2O3/c1-13(21-12-14-7-3-2-4-8-14)16(20)17-11-15(19)18-9-5-6-10-18/h2-4,7-8,13H,5-6,9-12H2,1H3,(H,17,20)/t13-/m0/s1. The van der Waals surface area contributed by atoms with Crippen LogP contribution in [0.15, 0.2) is 30.3 Å². The molecular weight excluding hydrogens is 268 g/mol. The topological polar surface area (TPSA) is 58.6 Å². The van der Waals surface area contributed by atoms with Gasteiger partial charge in [-0.25, -0.2) is 0 Å². The minimum absolute atomic E-state index is 0.0175. The molecule has 0 spiro atoms. The second-order valence-corrected chi connectivity index (χ2v) is 5.24. The molecule has 0 radical (unpaired) electrons. The highest BCUT2D eigenvalue weighted by Crippen LogP contribution is 2.07. The van der Waals surface area contributed by atoms with E-state index in [4.69, 9.17) is 4.74 Å². The molecule has 0 bridgehead atoms. The minimum atomic E-state index is -0.573. The SMILES string of the molecule is C[C@H](OCc1ccccc1)C(=O)NCC(=O)N1CCCC1. The molecule has 1 saturated heterocycles. The summed E-state index contributed by atoms with van der Waals surface area (Å²) in [5, 5.41) is 2.64. The van der Waals surface area contributed by atoms with Crippen molar-refractivity contribution >= 4 is 11.8 Å². The molecule has 0 aromatic heterocycles. The molecule has 0 aliphatic carbocycles. The summed E-state index contributed by atoms with van der Waals surface area (Å²) < 4.78 is 5.51. The maximum Gasteiger partial charge on any atom is 0.249 e. The van der Waals surface area contributed by atoms with E-state index >= 15 is 0 Å². The molecule has 5 heteroatoms. The fraction of sp³-hybridized carbons (Fsp3) is 0.500. The summed E-state index contributed by atoms with van der Waals surface area (Å²) in [6.45, 7) is 3.73. The third-order valence-corrected chi connectivity index (χ3v) is 3.58. The highest BCUT2D eigenvalue weighted by molar-refractivity contribution is 5.86. The molecule has 2 amide bonds. The first-order chi connectivity index (χ1) is 10.2. The molecule has 1 fully saturated rings. The van der Waals surface area contributed by atoms with Gasteiger partial charge in [0, 0.05) is 13.1 Å². The maximum absolute atomic E-state index is 11.9. The molecule has 2 rings (SSSR count). The summed E-state index contributed by atoms with van der Waals surface area (Å²) in [6.07, 6.45) is 1.53. The number of carbonyl (C=O) groups is 2. The largest absolute Gasteiger partial charge is 0.364 e. The van der Waals surface area contributed by atoms with Gasteiger partial charge in [-0.15, -0.1) is 0 Å². The van der Waals surface area contributed by atoms with Crippen molar-refractivity contribution in [1.29, 1.82) is 0 Å². The van der Waals surface area contributed by atoms with Crippen LogP contribution in [0.4, 0.5) is 0 Å². The lowest BCUT2D eigenvalue weighted by Gasteiger charge is -2.17. The molecule has 1 aliphatic heterocycles. The van der Waals surface area contributed by atoms with Crippen molar-refractivity contribution in [3.63, 3.8) is 0 Å². The predicted molar refractivity (Wildman–Crippen MR) is 79.5 cm³/mol. The zero-order chi connectivity index (χ0) is 15.1. The number of rotatable bonds is 6. The Kier molecular flexibility index (Phi) is 5.75. The first kappa shape index (κ1) is 15.5. The molecular formula is C16H22N2O3. The summed E-state index contributed by atoms with van der Waals surface area (Å²) in [5.41, 5.74) is 1.02. The number of carbonyl (C=O) groups excluding carboxylic acids is 2. The van der Waals surface area contributed by atoms with Crippen LogP contribution < -0.4 is 5.32 Å². The Bertz CT molecular complexity index is 470. The second kappa shape index (κ2) is 7.78. The fourth-order valence-electron chi connectivity index (χ4n) is 2.26. The van der Waals surface area contributed by atoms with E-state index in [1.54, 1.807) is 11.8 Å².